The topological polar surface area (TPSA) is 66.5 Å². The van der Waals surface area contributed by atoms with Gasteiger partial charge < -0.3 is 4.90 Å². The van der Waals surface area contributed by atoms with Gasteiger partial charge in [0, 0.05) is 18.7 Å². The van der Waals surface area contributed by atoms with E-state index < -0.39 is 10.0 Å². The van der Waals surface area contributed by atoms with Gasteiger partial charge in [-0.05, 0) is 86.1 Å². The van der Waals surface area contributed by atoms with E-state index in [0.717, 1.165) is 43.5 Å². The third-order valence-corrected chi connectivity index (χ3v) is 7.91. The van der Waals surface area contributed by atoms with Gasteiger partial charge in [0.1, 0.15) is 0 Å². The fraction of sp³-hybridized carbons (Fsp3) is 0.296. The Hall–Kier alpha value is -3.12. The van der Waals surface area contributed by atoms with Crippen LogP contribution in [0.25, 0.3) is 0 Å². The summed E-state index contributed by atoms with van der Waals surface area (Å²) in [7, 11) is -3.73. The molecular formula is C27H30N2O3S. The Morgan fingerprint density at radius 2 is 1.58 bits per heavy atom. The molecule has 33 heavy (non-hydrogen) atoms. The molecule has 0 radical (unpaired) electrons. The lowest BCUT2D eigenvalue weighted by Crippen LogP contribution is -2.38. The first kappa shape index (κ1) is 23.1. The van der Waals surface area contributed by atoms with Crippen molar-refractivity contribution in [2.75, 3.05) is 17.8 Å². The molecule has 1 aliphatic rings. The number of piperidine rings is 1. The molecule has 1 saturated heterocycles. The van der Waals surface area contributed by atoms with Crippen molar-refractivity contribution < 1.29 is 13.2 Å². The molecule has 3 aromatic rings. The summed E-state index contributed by atoms with van der Waals surface area (Å²) in [5.41, 5.74) is 4.33. The molecule has 6 heteroatoms. The zero-order valence-corrected chi connectivity index (χ0v) is 19.9. The molecule has 1 amide bonds. The highest BCUT2D eigenvalue weighted by molar-refractivity contribution is 7.92. The standard InChI is InChI=1S/C27H30N2O3S/c1-20-7-6-10-26(21(20)2)28-33(31,32)25-13-11-24(12-14-25)27(30)29-17-15-23(16-18-29)19-22-8-4-3-5-9-22/h3-14,23,28H,15-19H2,1-2H3. The van der Waals surface area contributed by atoms with Crippen LogP contribution in [0.1, 0.15) is 39.9 Å². The van der Waals surface area contributed by atoms with E-state index in [1.807, 2.05) is 36.9 Å². The molecule has 172 valence electrons. The highest BCUT2D eigenvalue weighted by atomic mass is 32.2. The van der Waals surface area contributed by atoms with Gasteiger partial charge in [-0.2, -0.15) is 0 Å². The number of benzene rings is 3. The SMILES string of the molecule is Cc1cccc(NS(=O)(=O)c2ccc(C(=O)N3CCC(Cc4ccccc4)CC3)cc2)c1C. The summed E-state index contributed by atoms with van der Waals surface area (Å²) in [5.74, 6) is 0.541. The fourth-order valence-electron chi connectivity index (χ4n) is 4.31. The Kier molecular flexibility index (Phi) is 6.84. The van der Waals surface area contributed by atoms with Gasteiger partial charge in [-0.1, -0.05) is 42.5 Å². The number of hydrogen-bond acceptors (Lipinski definition) is 3. The predicted molar refractivity (Wildman–Crippen MR) is 132 cm³/mol. The number of amides is 1. The van der Waals surface area contributed by atoms with Gasteiger partial charge >= 0.3 is 0 Å². The van der Waals surface area contributed by atoms with Crippen molar-refractivity contribution in [1.82, 2.24) is 4.90 Å². The van der Waals surface area contributed by atoms with Crippen LogP contribution in [0.15, 0.2) is 77.7 Å². The van der Waals surface area contributed by atoms with Crippen LogP contribution in [0.4, 0.5) is 5.69 Å². The van der Waals surface area contributed by atoms with E-state index in [2.05, 4.69) is 29.0 Å². The van der Waals surface area contributed by atoms with E-state index in [0.29, 0.717) is 17.2 Å². The van der Waals surface area contributed by atoms with Gasteiger partial charge in [-0.3, -0.25) is 9.52 Å². The second kappa shape index (κ2) is 9.79. The molecule has 4 rings (SSSR count). The molecule has 0 unspecified atom stereocenters. The molecule has 1 heterocycles. The van der Waals surface area contributed by atoms with E-state index >= 15 is 0 Å². The lowest BCUT2D eigenvalue weighted by molar-refractivity contribution is 0.0690. The van der Waals surface area contributed by atoms with Crippen LogP contribution < -0.4 is 4.72 Å². The van der Waals surface area contributed by atoms with E-state index in [1.54, 1.807) is 18.2 Å². The maximum Gasteiger partial charge on any atom is 0.261 e. The molecule has 0 aliphatic carbocycles. The lowest BCUT2D eigenvalue weighted by Gasteiger charge is -2.32. The number of carbonyl (C=O) groups excluding carboxylic acids is 1. The van der Waals surface area contributed by atoms with Crippen molar-refractivity contribution in [3.05, 3.63) is 95.1 Å². The normalized spacial score (nSPS) is 14.8. The van der Waals surface area contributed by atoms with E-state index in [9.17, 15) is 13.2 Å². The number of aryl methyl sites for hydroxylation is 1. The maximum atomic E-state index is 13.0. The van der Waals surface area contributed by atoms with E-state index in [-0.39, 0.29) is 10.8 Å². The molecule has 0 saturated carbocycles. The summed E-state index contributed by atoms with van der Waals surface area (Å²) < 4.78 is 28.3. The Morgan fingerprint density at radius 3 is 2.24 bits per heavy atom. The third-order valence-electron chi connectivity index (χ3n) is 6.53. The first-order valence-electron chi connectivity index (χ1n) is 11.4. The van der Waals surface area contributed by atoms with Crippen LogP contribution in [0.3, 0.4) is 0 Å². The third kappa shape index (κ3) is 5.45. The van der Waals surface area contributed by atoms with Gasteiger partial charge in [0.2, 0.25) is 0 Å². The predicted octanol–water partition coefficient (Wildman–Crippen LogP) is 5.20. The van der Waals surface area contributed by atoms with Gasteiger partial charge in [0.25, 0.3) is 15.9 Å². The molecule has 3 aromatic carbocycles. The number of anilines is 1. The molecule has 1 fully saturated rings. The number of nitrogens with zero attached hydrogens (tertiary/aromatic N) is 1. The first-order valence-corrected chi connectivity index (χ1v) is 12.8. The zero-order chi connectivity index (χ0) is 23.4. The number of rotatable bonds is 6. The molecule has 1 aliphatic heterocycles. The fourth-order valence-corrected chi connectivity index (χ4v) is 5.44. The van der Waals surface area contributed by atoms with Crippen LogP contribution in [0.2, 0.25) is 0 Å². The number of hydrogen-bond donors (Lipinski definition) is 1. The highest BCUT2D eigenvalue weighted by Crippen LogP contribution is 2.25. The van der Waals surface area contributed by atoms with Crippen molar-refractivity contribution in [2.24, 2.45) is 5.92 Å². The highest BCUT2D eigenvalue weighted by Gasteiger charge is 2.24. The first-order chi connectivity index (χ1) is 15.8. The minimum Gasteiger partial charge on any atom is -0.339 e. The Bertz CT molecular complexity index is 1210. The van der Waals surface area contributed by atoms with Crippen LogP contribution >= 0.6 is 0 Å². The number of likely N-dealkylation sites (tertiary alicyclic amines) is 1. The van der Waals surface area contributed by atoms with Gasteiger partial charge in [-0.25, -0.2) is 8.42 Å². The summed E-state index contributed by atoms with van der Waals surface area (Å²) in [4.78, 5) is 15.0. The molecule has 5 nitrogen and oxygen atoms in total. The number of sulfonamides is 1. The molecule has 0 atom stereocenters. The summed E-state index contributed by atoms with van der Waals surface area (Å²) in [6.07, 6.45) is 3.00. The minimum absolute atomic E-state index is 0.0420. The minimum atomic E-state index is -3.73. The second-order valence-electron chi connectivity index (χ2n) is 8.80. The van der Waals surface area contributed by atoms with Crippen molar-refractivity contribution >= 4 is 21.6 Å². The molecular weight excluding hydrogens is 432 g/mol. The number of carbonyl (C=O) groups is 1. The maximum absolute atomic E-state index is 13.0. The van der Waals surface area contributed by atoms with Crippen molar-refractivity contribution in [3.63, 3.8) is 0 Å². The summed E-state index contributed by atoms with van der Waals surface area (Å²) in [6.45, 7) is 5.28. The lowest BCUT2D eigenvalue weighted by atomic mass is 9.90. The van der Waals surface area contributed by atoms with Crippen molar-refractivity contribution in [1.29, 1.82) is 0 Å². The van der Waals surface area contributed by atoms with Gasteiger partial charge in [-0.15, -0.1) is 0 Å². The second-order valence-corrected chi connectivity index (χ2v) is 10.5. The van der Waals surface area contributed by atoms with Crippen molar-refractivity contribution in [2.45, 2.75) is 38.0 Å². The van der Waals surface area contributed by atoms with E-state index in [1.165, 1.54) is 17.7 Å². The quantitative estimate of drug-likeness (QED) is 0.548. The Balaban J connectivity index is 1.38. The van der Waals surface area contributed by atoms with Crippen LogP contribution in [0, 0.1) is 19.8 Å². The monoisotopic (exact) mass is 462 g/mol. The average molecular weight is 463 g/mol. The zero-order valence-electron chi connectivity index (χ0n) is 19.1. The van der Waals surface area contributed by atoms with Crippen LogP contribution in [-0.2, 0) is 16.4 Å². The molecule has 1 N–H and O–H groups in total. The van der Waals surface area contributed by atoms with Gasteiger partial charge in [0.05, 0.1) is 10.6 Å². The van der Waals surface area contributed by atoms with Crippen LogP contribution in [0.5, 0.6) is 0 Å². The molecule has 0 aromatic heterocycles. The van der Waals surface area contributed by atoms with Crippen molar-refractivity contribution in [3.8, 4) is 0 Å². The molecule has 0 spiro atoms. The van der Waals surface area contributed by atoms with Crippen LogP contribution in [-0.4, -0.2) is 32.3 Å². The number of nitrogens with one attached hydrogen (secondary N) is 1. The largest absolute Gasteiger partial charge is 0.339 e. The van der Waals surface area contributed by atoms with Gasteiger partial charge in [0.15, 0.2) is 0 Å². The Labute approximate surface area is 196 Å². The van der Waals surface area contributed by atoms with E-state index in [4.69, 9.17) is 0 Å². The average Bonchev–Trinajstić information content (AvgIpc) is 2.83. The summed E-state index contributed by atoms with van der Waals surface area (Å²) in [6, 6.07) is 22.2. The Morgan fingerprint density at radius 1 is 0.909 bits per heavy atom. The molecule has 0 bridgehead atoms. The summed E-state index contributed by atoms with van der Waals surface area (Å²) in [5, 5.41) is 0. The summed E-state index contributed by atoms with van der Waals surface area (Å²) >= 11 is 0. The smallest absolute Gasteiger partial charge is 0.261 e.